The van der Waals surface area contributed by atoms with Gasteiger partial charge in [-0.1, -0.05) is 42.3 Å². The lowest BCUT2D eigenvalue weighted by Gasteiger charge is -2.30. The summed E-state index contributed by atoms with van der Waals surface area (Å²) in [5.41, 5.74) is 2.00. The van der Waals surface area contributed by atoms with Crippen molar-refractivity contribution in [3.05, 3.63) is 52.0 Å². The fraction of sp³-hybridized carbons (Fsp3) is 0.414. The summed E-state index contributed by atoms with van der Waals surface area (Å²) in [6.45, 7) is 5.66. The number of hydrogen-bond acceptors (Lipinski definition) is 6. The standard InChI is InChI=1S/C29H30Cl2FN5O3S/c1-14-12-33-15(2)26(14)37-21(20-9-6-10-36(20)29(38)40-3)11-17-27(37)18-13-34-24(16-7-5-8-19(30)22(16)31)23(32)25(18)35-28(17)41(4)39/h5,7-8,11,13-15,20,26,33H,6,9-10,12H2,1-4H3/t14-,15-,20-,26+,41?/m1/s1. The Morgan fingerprint density at radius 2 is 2.05 bits per heavy atom. The van der Waals surface area contributed by atoms with E-state index in [0.29, 0.717) is 28.4 Å². The molecule has 1 amide bonds. The highest BCUT2D eigenvalue weighted by Gasteiger charge is 2.40. The molecule has 4 aromatic rings. The highest BCUT2D eigenvalue weighted by molar-refractivity contribution is 7.90. The van der Waals surface area contributed by atoms with E-state index in [0.717, 1.165) is 25.1 Å². The van der Waals surface area contributed by atoms with Gasteiger partial charge in [-0.05, 0) is 37.8 Å². The van der Waals surface area contributed by atoms with Gasteiger partial charge in [0, 0.05) is 53.1 Å². The fourth-order valence-electron chi connectivity index (χ4n) is 6.57. The molecule has 0 spiro atoms. The van der Waals surface area contributed by atoms with Crippen molar-refractivity contribution < 1.29 is 18.5 Å². The van der Waals surface area contributed by atoms with Gasteiger partial charge in [0.2, 0.25) is 0 Å². The molecule has 3 aromatic heterocycles. The first-order valence-electron chi connectivity index (χ1n) is 13.5. The molecule has 2 aliphatic rings. The van der Waals surface area contributed by atoms with Crippen molar-refractivity contribution in [2.45, 2.75) is 49.8 Å². The summed E-state index contributed by atoms with van der Waals surface area (Å²) in [6, 6.07) is 6.75. The Bertz CT molecular complexity index is 1670. The average Bonchev–Trinajstić information content (AvgIpc) is 3.66. The summed E-state index contributed by atoms with van der Waals surface area (Å²) in [5, 5.41) is 5.45. The Morgan fingerprint density at radius 3 is 2.73 bits per heavy atom. The van der Waals surface area contributed by atoms with Crippen LogP contribution in [0.15, 0.2) is 35.5 Å². The number of likely N-dealkylation sites (tertiary alicyclic amines) is 1. The topological polar surface area (TPSA) is 95.3 Å². The molecule has 0 aliphatic carbocycles. The number of hydrogen-bond donors (Lipinski definition) is 1. The van der Waals surface area contributed by atoms with Crippen LogP contribution in [0, 0.1) is 11.7 Å². The van der Waals surface area contributed by atoms with Crippen LogP contribution >= 0.6 is 23.2 Å². The van der Waals surface area contributed by atoms with E-state index in [2.05, 4.69) is 33.7 Å². The molecule has 1 N–H and O–H groups in total. The van der Waals surface area contributed by atoms with Crippen LogP contribution in [-0.4, -0.2) is 62.6 Å². The number of nitrogens with zero attached hydrogens (tertiary/aromatic N) is 4. The normalized spacial score (nSPS) is 23.6. The molecule has 1 aromatic carbocycles. The van der Waals surface area contributed by atoms with Crippen LogP contribution in [-0.2, 0) is 15.9 Å². The Kier molecular flexibility index (Phi) is 7.57. The van der Waals surface area contributed by atoms with Crippen molar-refractivity contribution in [1.82, 2.24) is 24.8 Å². The first-order chi connectivity index (χ1) is 19.6. The molecule has 2 aliphatic heterocycles. The van der Waals surface area contributed by atoms with Crippen molar-refractivity contribution in [2.24, 2.45) is 5.92 Å². The smallest absolute Gasteiger partial charge is 0.410 e. The largest absolute Gasteiger partial charge is 0.610 e. The first-order valence-corrected chi connectivity index (χ1v) is 15.8. The third-order valence-electron chi connectivity index (χ3n) is 8.40. The summed E-state index contributed by atoms with van der Waals surface area (Å²) < 4.78 is 36.9. The molecule has 41 heavy (non-hydrogen) atoms. The predicted octanol–water partition coefficient (Wildman–Crippen LogP) is 6.51. The second kappa shape index (κ2) is 10.9. The number of carbonyl (C=O) groups is 1. The number of amides is 1. The summed E-state index contributed by atoms with van der Waals surface area (Å²) in [5.74, 6) is -0.439. The van der Waals surface area contributed by atoms with Gasteiger partial charge in [-0.25, -0.2) is 9.18 Å². The van der Waals surface area contributed by atoms with Crippen LogP contribution in [0.4, 0.5) is 9.18 Å². The molecule has 216 valence electrons. The highest BCUT2D eigenvalue weighted by atomic mass is 35.5. The van der Waals surface area contributed by atoms with Gasteiger partial charge in [-0.15, -0.1) is 0 Å². The Morgan fingerprint density at radius 1 is 1.27 bits per heavy atom. The molecule has 2 saturated heterocycles. The molecule has 1 unspecified atom stereocenters. The van der Waals surface area contributed by atoms with Gasteiger partial charge in [0.1, 0.15) is 17.5 Å². The first kappa shape index (κ1) is 28.5. The van der Waals surface area contributed by atoms with Gasteiger partial charge in [0.25, 0.3) is 5.03 Å². The Balaban J connectivity index is 1.70. The van der Waals surface area contributed by atoms with Crippen molar-refractivity contribution >= 4 is 62.3 Å². The van der Waals surface area contributed by atoms with Gasteiger partial charge in [-0.2, -0.15) is 4.98 Å². The molecule has 5 atom stereocenters. The fourth-order valence-corrected chi connectivity index (χ4v) is 7.65. The van der Waals surface area contributed by atoms with Crippen LogP contribution in [0.5, 0.6) is 0 Å². The Labute approximate surface area is 250 Å². The second-order valence-electron chi connectivity index (χ2n) is 10.8. The van der Waals surface area contributed by atoms with Crippen LogP contribution in [0.3, 0.4) is 0 Å². The van der Waals surface area contributed by atoms with E-state index < -0.39 is 23.1 Å². The van der Waals surface area contributed by atoms with E-state index in [1.807, 2.05) is 6.07 Å². The number of aromatic nitrogens is 3. The van der Waals surface area contributed by atoms with Gasteiger partial charge < -0.3 is 19.2 Å². The lowest BCUT2D eigenvalue weighted by Crippen LogP contribution is -2.33. The number of benzene rings is 1. The number of carbonyl (C=O) groups excluding carboxylic acids is 1. The molecule has 0 bridgehead atoms. The van der Waals surface area contributed by atoms with Crippen LogP contribution in [0.2, 0.25) is 10.0 Å². The van der Waals surface area contributed by atoms with Crippen LogP contribution < -0.4 is 5.32 Å². The van der Waals surface area contributed by atoms with Crippen molar-refractivity contribution in [1.29, 1.82) is 0 Å². The van der Waals surface area contributed by atoms with Gasteiger partial charge in [0.05, 0.1) is 40.1 Å². The molecule has 6 rings (SSSR count). The monoisotopic (exact) mass is 617 g/mol. The summed E-state index contributed by atoms with van der Waals surface area (Å²) in [6.07, 6.45) is 4.31. The molecule has 2 fully saturated rings. The van der Waals surface area contributed by atoms with Crippen LogP contribution in [0.1, 0.15) is 44.5 Å². The zero-order chi connectivity index (χ0) is 29.2. The van der Waals surface area contributed by atoms with E-state index in [1.165, 1.54) is 13.4 Å². The zero-order valence-electron chi connectivity index (χ0n) is 23.1. The number of rotatable bonds is 4. The van der Waals surface area contributed by atoms with Gasteiger partial charge in [0.15, 0.2) is 5.82 Å². The minimum absolute atomic E-state index is 0.0138. The average molecular weight is 619 g/mol. The quantitative estimate of drug-likeness (QED) is 0.262. The molecular formula is C29H30Cl2FN5O3S. The third-order valence-corrected chi connectivity index (χ3v) is 10.1. The second-order valence-corrected chi connectivity index (χ2v) is 12.9. The van der Waals surface area contributed by atoms with E-state index >= 15 is 4.39 Å². The van der Waals surface area contributed by atoms with Crippen molar-refractivity contribution in [3.8, 4) is 11.3 Å². The molecule has 0 radical (unpaired) electrons. The maximum atomic E-state index is 16.4. The third kappa shape index (κ3) is 4.55. The lowest BCUT2D eigenvalue weighted by molar-refractivity contribution is 0.117. The summed E-state index contributed by atoms with van der Waals surface area (Å²) >= 11 is 11.1. The lowest BCUT2D eigenvalue weighted by atomic mass is 9.99. The molecule has 5 heterocycles. The van der Waals surface area contributed by atoms with E-state index in [4.69, 9.17) is 27.9 Å². The number of pyridine rings is 2. The zero-order valence-corrected chi connectivity index (χ0v) is 25.4. The maximum absolute atomic E-state index is 16.4. The molecule has 8 nitrogen and oxygen atoms in total. The Hall–Kier alpha value is -2.63. The van der Waals surface area contributed by atoms with Crippen molar-refractivity contribution in [2.75, 3.05) is 26.5 Å². The van der Waals surface area contributed by atoms with Crippen LogP contribution in [0.25, 0.3) is 33.1 Å². The molecule has 12 heteroatoms. The van der Waals surface area contributed by atoms with Crippen molar-refractivity contribution in [3.63, 3.8) is 0 Å². The van der Waals surface area contributed by atoms with Gasteiger partial charge in [-0.3, -0.25) is 9.88 Å². The number of ether oxygens (including phenoxy) is 1. The number of fused-ring (bicyclic) bond motifs is 3. The summed E-state index contributed by atoms with van der Waals surface area (Å²) in [4.78, 5) is 23.7. The maximum Gasteiger partial charge on any atom is 0.410 e. The highest BCUT2D eigenvalue weighted by Crippen LogP contribution is 2.45. The molecular weight excluding hydrogens is 588 g/mol. The number of methoxy groups -OCH3 is 1. The van der Waals surface area contributed by atoms with E-state index in [9.17, 15) is 9.35 Å². The molecule has 0 saturated carbocycles. The summed E-state index contributed by atoms with van der Waals surface area (Å²) in [7, 11) is 1.38. The van der Waals surface area contributed by atoms with E-state index in [-0.39, 0.29) is 50.3 Å². The minimum atomic E-state index is -1.54. The predicted molar refractivity (Wildman–Crippen MR) is 160 cm³/mol. The minimum Gasteiger partial charge on any atom is -0.610 e. The SMILES string of the molecule is COC(=O)N1CCC[C@@H]1c1cc2c([S+](C)[O-])nc3c(F)c(-c4cccc(Cl)c4Cl)ncc3c2n1[C@H]1[C@H](C)CN[C@@H]1C. The van der Waals surface area contributed by atoms with Gasteiger partial charge >= 0.3 is 6.09 Å². The number of nitrogens with one attached hydrogen (secondary N) is 1. The van der Waals surface area contributed by atoms with E-state index in [1.54, 1.807) is 29.3 Å². The number of halogens is 3.